The molecule has 2 fully saturated rings. The summed E-state index contributed by atoms with van der Waals surface area (Å²) >= 11 is 0. The fourth-order valence-corrected chi connectivity index (χ4v) is 4.00. The minimum Gasteiger partial charge on any atom is -0.480 e. The number of esters is 1. The Morgan fingerprint density at radius 2 is 1.80 bits per heavy atom. The van der Waals surface area contributed by atoms with Crippen LogP contribution in [0.1, 0.15) is 51.9 Å². The number of nitrogens with zero attached hydrogens (tertiary/aromatic N) is 1. The Hall–Kier alpha value is -1.99. The van der Waals surface area contributed by atoms with Crippen molar-refractivity contribution in [2.24, 2.45) is 11.8 Å². The number of unbranched alkanes of at least 4 members (excludes halogenated alkanes) is 1. The maximum absolute atomic E-state index is 11.3. The van der Waals surface area contributed by atoms with Crippen LogP contribution in [-0.4, -0.2) is 67.2 Å². The van der Waals surface area contributed by atoms with Crippen LogP contribution in [0.25, 0.3) is 0 Å². The molecule has 1 heterocycles. The lowest BCUT2D eigenvalue weighted by molar-refractivity contribution is -0.148. The summed E-state index contributed by atoms with van der Waals surface area (Å²) in [6.07, 6.45) is 9.76. The molecule has 1 aliphatic carbocycles. The molecule has 0 aromatic heterocycles. The molecule has 1 saturated heterocycles. The van der Waals surface area contributed by atoms with E-state index in [-0.39, 0.29) is 5.97 Å². The van der Waals surface area contributed by atoms with Gasteiger partial charge in [-0.3, -0.25) is 14.5 Å². The summed E-state index contributed by atoms with van der Waals surface area (Å²) in [5.41, 5.74) is 0.677. The van der Waals surface area contributed by atoms with Gasteiger partial charge in [-0.15, -0.1) is 0 Å². The van der Waals surface area contributed by atoms with E-state index >= 15 is 0 Å². The number of morpholine rings is 1. The third kappa shape index (κ3) is 8.40. The Labute approximate surface area is 180 Å². The topological polar surface area (TPSA) is 93.1 Å². The molecule has 7 heteroatoms. The number of rotatable bonds is 9. The Morgan fingerprint density at radius 1 is 1.20 bits per heavy atom. The van der Waals surface area contributed by atoms with E-state index in [1.807, 2.05) is 0 Å². The van der Waals surface area contributed by atoms with Gasteiger partial charge < -0.3 is 14.6 Å². The fraction of sp³-hybridized carbons (Fsp3) is 0.696. The van der Waals surface area contributed by atoms with Crippen molar-refractivity contribution >= 4 is 17.7 Å². The lowest BCUT2D eigenvalue weighted by Crippen LogP contribution is -2.51. The van der Waals surface area contributed by atoms with E-state index in [2.05, 4.69) is 20.1 Å². The molecular weight excluding hydrogens is 386 g/mol. The van der Waals surface area contributed by atoms with Gasteiger partial charge in [-0.05, 0) is 43.6 Å². The number of aliphatic carboxylic acids is 1. The second-order valence-electron chi connectivity index (χ2n) is 7.87. The van der Waals surface area contributed by atoms with E-state index in [0.717, 1.165) is 24.8 Å². The summed E-state index contributed by atoms with van der Waals surface area (Å²) in [7, 11) is 1.43. The average molecular weight is 424 g/mol. The molecule has 7 nitrogen and oxygen atoms in total. The predicted molar refractivity (Wildman–Crippen MR) is 115 cm³/mol. The molecule has 1 atom stereocenters. The van der Waals surface area contributed by atoms with E-state index < -0.39 is 17.8 Å². The minimum atomic E-state index is -1.13. The first-order valence-electron chi connectivity index (χ1n) is 10.8. The van der Waals surface area contributed by atoms with Crippen LogP contribution in [0.5, 0.6) is 0 Å². The van der Waals surface area contributed by atoms with Crippen molar-refractivity contribution in [3.63, 3.8) is 0 Å². The molecule has 0 bridgehead atoms. The van der Waals surface area contributed by atoms with Gasteiger partial charge in [0.1, 0.15) is 0 Å². The van der Waals surface area contributed by atoms with Crippen LogP contribution in [0.2, 0.25) is 0 Å². The Kier molecular flexibility index (Phi) is 12.2. The van der Waals surface area contributed by atoms with Gasteiger partial charge in [0.25, 0.3) is 0 Å². The van der Waals surface area contributed by atoms with Crippen LogP contribution in [0, 0.1) is 11.8 Å². The van der Waals surface area contributed by atoms with Gasteiger partial charge in [0.05, 0.1) is 20.3 Å². The SMILES string of the molecule is C=C(C(=O)OC)C1CCC(CCCC)CC1.C=CC(=O)C(C(=O)O)N1CCOCC1. The van der Waals surface area contributed by atoms with Gasteiger partial charge in [-0.25, -0.2) is 4.79 Å². The largest absolute Gasteiger partial charge is 0.480 e. The number of methoxy groups -OCH3 is 1. The van der Waals surface area contributed by atoms with Crippen LogP contribution in [0.3, 0.4) is 0 Å². The van der Waals surface area contributed by atoms with Crippen LogP contribution in [-0.2, 0) is 23.9 Å². The van der Waals surface area contributed by atoms with Crippen LogP contribution < -0.4 is 0 Å². The van der Waals surface area contributed by atoms with Crippen LogP contribution in [0.15, 0.2) is 24.8 Å². The number of carboxylic acid groups (broad SMARTS) is 1. The maximum Gasteiger partial charge on any atom is 0.333 e. The van der Waals surface area contributed by atoms with Crippen molar-refractivity contribution in [1.82, 2.24) is 4.90 Å². The number of ether oxygens (including phenoxy) is 2. The molecule has 1 unspecified atom stereocenters. The Morgan fingerprint density at radius 3 is 2.27 bits per heavy atom. The van der Waals surface area contributed by atoms with E-state index in [0.29, 0.717) is 37.8 Å². The van der Waals surface area contributed by atoms with Gasteiger partial charge in [-0.1, -0.05) is 39.3 Å². The zero-order valence-corrected chi connectivity index (χ0v) is 18.4. The highest BCUT2D eigenvalue weighted by atomic mass is 16.5. The number of carboxylic acids is 1. The standard InChI is InChI=1S/C14H24O2.C9H13NO4/c1-4-5-6-12-7-9-13(10-8-12)11(2)14(15)16-3;1-2-7(11)8(9(12)13)10-3-5-14-6-4-10/h12-13H,2,4-10H2,1,3H3;2,8H,1,3-6H2,(H,12,13). The molecule has 30 heavy (non-hydrogen) atoms. The Bertz CT molecular complexity index is 589. The summed E-state index contributed by atoms with van der Waals surface area (Å²) in [6, 6.07) is -1.10. The third-order valence-corrected chi connectivity index (χ3v) is 5.87. The second kappa shape index (κ2) is 14.1. The van der Waals surface area contributed by atoms with Gasteiger partial charge >= 0.3 is 11.9 Å². The molecule has 0 spiro atoms. The number of ketones is 1. The second-order valence-corrected chi connectivity index (χ2v) is 7.87. The molecule has 0 amide bonds. The van der Waals surface area contributed by atoms with Crippen molar-refractivity contribution < 1.29 is 29.0 Å². The molecule has 1 saturated carbocycles. The van der Waals surface area contributed by atoms with Crippen LogP contribution >= 0.6 is 0 Å². The van der Waals surface area contributed by atoms with E-state index in [4.69, 9.17) is 14.6 Å². The normalized spacial score (nSPS) is 22.7. The average Bonchev–Trinajstić information content (AvgIpc) is 2.77. The summed E-state index contributed by atoms with van der Waals surface area (Å²) < 4.78 is 9.79. The highest BCUT2D eigenvalue weighted by molar-refractivity contribution is 6.07. The Balaban J connectivity index is 0.000000303. The van der Waals surface area contributed by atoms with E-state index in [1.165, 1.54) is 39.2 Å². The first-order chi connectivity index (χ1) is 14.3. The number of hydrogen-bond acceptors (Lipinski definition) is 6. The van der Waals surface area contributed by atoms with E-state index in [1.54, 1.807) is 4.90 Å². The number of carbonyl (C=O) groups is 3. The first kappa shape index (κ1) is 26.0. The monoisotopic (exact) mass is 423 g/mol. The van der Waals surface area contributed by atoms with E-state index in [9.17, 15) is 14.4 Å². The quantitative estimate of drug-likeness (QED) is 0.346. The molecule has 2 rings (SSSR count). The highest BCUT2D eigenvalue weighted by Gasteiger charge is 2.31. The van der Waals surface area contributed by atoms with Crippen molar-refractivity contribution in [3.05, 3.63) is 24.8 Å². The molecule has 1 N–H and O–H groups in total. The summed E-state index contributed by atoms with van der Waals surface area (Å²) in [4.78, 5) is 35.1. The third-order valence-electron chi connectivity index (χ3n) is 5.87. The maximum atomic E-state index is 11.3. The van der Waals surface area contributed by atoms with Crippen molar-refractivity contribution in [2.45, 2.75) is 57.9 Å². The molecule has 2 aliphatic rings. The van der Waals surface area contributed by atoms with Gasteiger partial charge in [0.15, 0.2) is 11.8 Å². The summed E-state index contributed by atoms with van der Waals surface area (Å²) in [5, 5.41) is 8.88. The molecule has 1 aliphatic heterocycles. The number of hydrogen-bond donors (Lipinski definition) is 1. The van der Waals surface area contributed by atoms with Gasteiger partial charge in [0.2, 0.25) is 0 Å². The summed E-state index contributed by atoms with van der Waals surface area (Å²) in [6.45, 7) is 11.3. The zero-order chi connectivity index (χ0) is 22.5. The van der Waals surface area contributed by atoms with Gasteiger partial charge in [0, 0.05) is 18.7 Å². The molecule has 0 aromatic carbocycles. The van der Waals surface area contributed by atoms with Crippen molar-refractivity contribution in [1.29, 1.82) is 0 Å². The fourth-order valence-electron chi connectivity index (χ4n) is 4.00. The molecule has 0 radical (unpaired) electrons. The first-order valence-corrected chi connectivity index (χ1v) is 10.8. The number of carbonyl (C=O) groups excluding carboxylic acids is 2. The molecular formula is C23H37NO6. The molecule has 0 aromatic rings. The smallest absolute Gasteiger partial charge is 0.333 e. The minimum absolute atomic E-state index is 0.225. The van der Waals surface area contributed by atoms with Crippen molar-refractivity contribution in [3.8, 4) is 0 Å². The van der Waals surface area contributed by atoms with Gasteiger partial charge in [-0.2, -0.15) is 0 Å². The highest BCUT2D eigenvalue weighted by Crippen LogP contribution is 2.35. The zero-order valence-electron chi connectivity index (χ0n) is 18.4. The predicted octanol–water partition coefficient (Wildman–Crippen LogP) is 3.24. The van der Waals surface area contributed by atoms with Crippen molar-refractivity contribution in [2.75, 3.05) is 33.4 Å². The summed E-state index contributed by atoms with van der Waals surface area (Å²) in [5.74, 6) is -0.583. The lowest BCUT2D eigenvalue weighted by Gasteiger charge is -2.30. The van der Waals surface area contributed by atoms with Crippen LogP contribution in [0.4, 0.5) is 0 Å². The lowest BCUT2D eigenvalue weighted by atomic mass is 9.77. The molecule has 170 valence electrons.